The molecule has 5 aromatic carbocycles. The topological polar surface area (TPSA) is 0 Å². The minimum Gasteiger partial charge on any atom is -0.0843 e. The summed E-state index contributed by atoms with van der Waals surface area (Å²) < 4.78 is 0. The van der Waals surface area contributed by atoms with Crippen LogP contribution in [0.5, 0.6) is 0 Å². The Balaban J connectivity index is 1.69. The van der Waals surface area contributed by atoms with Gasteiger partial charge in [-0.3, -0.25) is 0 Å². The molecule has 0 amide bonds. The zero-order valence-corrected chi connectivity index (χ0v) is 18.3. The standard InChI is InChI=1S/C31H21Cl/c32-22-19-17-21(18-20-22)23-9-1-6-14-28(23)31-29-15-7-4-12-26(29)24-10-2-3-11-25(24)27-13-5-8-16-30(27)31/h1-20,31H. The third-order valence-electron chi connectivity index (χ3n) is 6.48. The van der Waals surface area contributed by atoms with Crippen LogP contribution in [0.3, 0.4) is 0 Å². The maximum Gasteiger partial charge on any atom is 0.0406 e. The summed E-state index contributed by atoms with van der Waals surface area (Å²) in [6.45, 7) is 0. The molecule has 0 nitrogen and oxygen atoms in total. The van der Waals surface area contributed by atoms with Gasteiger partial charge in [-0.15, -0.1) is 0 Å². The Morgan fingerprint density at radius 3 is 1.25 bits per heavy atom. The van der Waals surface area contributed by atoms with Gasteiger partial charge in [0.05, 0.1) is 0 Å². The van der Waals surface area contributed by atoms with E-state index in [0.29, 0.717) is 0 Å². The van der Waals surface area contributed by atoms with Gasteiger partial charge in [0, 0.05) is 10.9 Å². The van der Waals surface area contributed by atoms with Crippen molar-refractivity contribution in [2.75, 3.05) is 0 Å². The summed E-state index contributed by atoms with van der Waals surface area (Å²) in [5.41, 5.74) is 11.6. The van der Waals surface area contributed by atoms with Gasteiger partial charge in [-0.05, 0) is 62.2 Å². The average molecular weight is 429 g/mol. The van der Waals surface area contributed by atoms with Crippen molar-refractivity contribution < 1.29 is 0 Å². The molecule has 0 aromatic heterocycles. The Morgan fingerprint density at radius 2 is 0.750 bits per heavy atom. The van der Waals surface area contributed by atoms with Gasteiger partial charge >= 0.3 is 0 Å². The van der Waals surface area contributed by atoms with Crippen molar-refractivity contribution in [3.8, 4) is 33.4 Å². The molecule has 0 bridgehead atoms. The van der Waals surface area contributed by atoms with Crippen molar-refractivity contribution >= 4 is 11.6 Å². The second-order valence-corrected chi connectivity index (χ2v) is 8.68. The van der Waals surface area contributed by atoms with Crippen LogP contribution in [0.15, 0.2) is 121 Å². The molecule has 1 aliphatic rings. The van der Waals surface area contributed by atoms with Crippen LogP contribution in [0, 0.1) is 0 Å². The maximum absolute atomic E-state index is 6.19. The van der Waals surface area contributed by atoms with E-state index < -0.39 is 0 Å². The molecular weight excluding hydrogens is 408 g/mol. The lowest BCUT2D eigenvalue weighted by Crippen LogP contribution is -2.06. The van der Waals surface area contributed by atoms with Gasteiger partial charge in [0.1, 0.15) is 0 Å². The van der Waals surface area contributed by atoms with E-state index in [1.54, 1.807) is 0 Å². The molecule has 0 spiro atoms. The van der Waals surface area contributed by atoms with E-state index in [2.05, 4.69) is 109 Å². The zero-order valence-electron chi connectivity index (χ0n) is 17.5. The Kier molecular flexibility index (Phi) is 4.67. The van der Waals surface area contributed by atoms with E-state index in [-0.39, 0.29) is 5.92 Å². The lowest BCUT2D eigenvalue weighted by atomic mass is 9.79. The van der Waals surface area contributed by atoms with Crippen LogP contribution in [0.2, 0.25) is 5.02 Å². The zero-order chi connectivity index (χ0) is 21.5. The summed E-state index contributed by atoms with van der Waals surface area (Å²) >= 11 is 6.19. The van der Waals surface area contributed by atoms with Gasteiger partial charge in [-0.2, -0.15) is 0 Å². The smallest absolute Gasteiger partial charge is 0.0406 e. The molecule has 5 aromatic rings. The first-order chi connectivity index (χ1) is 15.8. The highest BCUT2D eigenvalue weighted by molar-refractivity contribution is 6.30. The molecule has 0 saturated carbocycles. The fourth-order valence-electron chi connectivity index (χ4n) is 5.08. The Morgan fingerprint density at radius 1 is 0.375 bits per heavy atom. The maximum atomic E-state index is 6.19. The summed E-state index contributed by atoms with van der Waals surface area (Å²) in [6, 6.07) is 43.4. The van der Waals surface area contributed by atoms with Gasteiger partial charge in [0.15, 0.2) is 0 Å². The van der Waals surface area contributed by atoms with Crippen molar-refractivity contribution in [1.29, 1.82) is 0 Å². The van der Waals surface area contributed by atoms with Gasteiger partial charge in [-0.1, -0.05) is 121 Å². The number of fused-ring (bicyclic) bond motifs is 5. The predicted octanol–water partition coefficient (Wildman–Crippen LogP) is 8.83. The van der Waals surface area contributed by atoms with E-state index in [4.69, 9.17) is 11.6 Å². The van der Waals surface area contributed by atoms with Crippen molar-refractivity contribution in [2.45, 2.75) is 5.92 Å². The molecule has 32 heavy (non-hydrogen) atoms. The number of halogens is 1. The predicted molar refractivity (Wildman–Crippen MR) is 135 cm³/mol. The fraction of sp³-hybridized carbons (Fsp3) is 0.0323. The summed E-state index contributed by atoms with van der Waals surface area (Å²) in [7, 11) is 0. The summed E-state index contributed by atoms with van der Waals surface area (Å²) in [4.78, 5) is 0. The molecule has 1 heteroatoms. The molecule has 0 saturated heterocycles. The second kappa shape index (κ2) is 7.82. The van der Waals surface area contributed by atoms with Crippen molar-refractivity contribution in [3.05, 3.63) is 143 Å². The molecule has 6 rings (SSSR count). The monoisotopic (exact) mass is 428 g/mol. The average Bonchev–Trinajstić information content (AvgIpc) is 2.98. The largest absolute Gasteiger partial charge is 0.0843 e. The summed E-state index contributed by atoms with van der Waals surface area (Å²) in [5, 5.41) is 0.756. The quantitative estimate of drug-likeness (QED) is 0.258. The molecule has 152 valence electrons. The molecular formula is C31H21Cl. The van der Waals surface area contributed by atoms with Gasteiger partial charge in [0.25, 0.3) is 0 Å². The molecule has 0 heterocycles. The number of hydrogen-bond donors (Lipinski definition) is 0. The van der Waals surface area contributed by atoms with Gasteiger partial charge < -0.3 is 0 Å². The van der Waals surface area contributed by atoms with Gasteiger partial charge in [-0.25, -0.2) is 0 Å². The lowest BCUT2D eigenvalue weighted by Gasteiger charge is -2.24. The highest BCUT2D eigenvalue weighted by atomic mass is 35.5. The van der Waals surface area contributed by atoms with Crippen molar-refractivity contribution in [2.24, 2.45) is 0 Å². The lowest BCUT2D eigenvalue weighted by molar-refractivity contribution is 0.990. The van der Waals surface area contributed by atoms with E-state index in [0.717, 1.165) is 5.02 Å². The highest BCUT2D eigenvalue weighted by Gasteiger charge is 2.29. The molecule has 0 atom stereocenters. The molecule has 0 fully saturated rings. The Hall–Kier alpha value is -3.61. The Labute approximate surface area is 193 Å². The van der Waals surface area contributed by atoms with Crippen molar-refractivity contribution in [1.82, 2.24) is 0 Å². The number of hydrogen-bond acceptors (Lipinski definition) is 0. The first-order valence-corrected chi connectivity index (χ1v) is 11.3. The van der Waals surface area contributed by atoms with Crippen molar-refractivity contribution in [3.63, 3.8) is 0 Å². The normalized spacial score (nSPS) is 12.4. The molecule has 1 aliphatic carbocycles. The van der Waals surface area contributed by atoms with Gasteiger partial charge in [0.2, 0.25) is 0 Å². The van der Waals surface area contributed by atoms with Crippen LogP contribution in [0.4, 0.5) is 0 Å². The van der Waals surface area contributed by atoms with Crippen LogP contribution < -0.4 is 0 Å². The first kappa shape index (κ1) is 19.1. The third-order valence-corrected chi connectivity index (χ3v) is 6.73. The third kappa shape index (κ3) is 3.07. The van der Waals surface area contributed by atoms with Crippen LogP contribution in [0.1, 0.15) is 22.6 Å². The molecule has 0 radical (unpaired) electrons. The molecule has 0 N–H and O–H groups in total. The first-order valence-electron chi connectivity index (χ1n) is 10.9. The Bertz CT molecular complexity index is 1360. The van der Waals surface area contributed by atoms with Crippen LogP contribution in [-0.2, 0) is 0 Å². The van der Waals surface area contributed by atoms with Crippen LogP contribution in [0.25, 0.3) is 33.4 Å². The van der Waals surface area contributed by atoms with E-state index in [9.17, 15) is 0 Å². The highest BCUT2D eigenvalue weighted by Crippen LogP contribution is 2.49. The minimum atomic E-state index is 0.127. The molecule has 0 aliphatic heterocycles. The summed E-state index contributed by atoms with van der Waals surface area (Å²) in [5.74, 6) is 0.127. The van der Waals surface area contributed by atoms with Crippen LogP contribution in [-0.4, -0.2) is 0 Å². The van der Waals surface area contributed by atoms with Crippen LogP contribution >= 0.6 is 11.6 Å². The van der Waals surface area contributed by atoms with E-state index in [1.807, 2.05) is 12.1 Å². The summed E-state index contributed by atoms with van der Waals surface area (Å²) in [6.07, 6.45) is 0. The fourth-order valence-corrected chi connectivity index (χ4v) is 5.21. The number of rotatable bonds is 2. The molecule has 0 unspecified atom stereocenters. The van der Waals surface area contributed by atoms with E-state index >= 15 is 0 Å². The second-order valence-electron chi connectivity index (χ2n) is 8.25. The van der Waals surface area contributed by atoms with E-state index in [1.165, 1.54) is 50.1 Å². The minimum absolute atomic E-state index is 0.127. The number of benzene rings is 5. The SMILES string of the molecule is Clc1ccc(-c2ccccc2C2c3ccccc3-c3ccccc3-c3ccccc32)cc1.